The Morgan fingerprint density at radius 1 is 1.10 bits per heavy atom. The molecule has 1 fully saturated rings. The Balaban J connectivity index is 1.45. The van der Waals surface area contributed by atoms with Gasteiger partial charge in [0, 0.05) is 31.7 Å². The molecule has 162 valence electrons. The minimum Gasteiger partial charge on any atom is -0.494 e. The molecule has 7 nitrogen and oxygen atoms in total. The third-order valence-corrected chi connectivity index (χ3v) is 5.54. The average molecular weight is 421 g/mol. The van der Waals surface area contributed by atoms with Crippen LogP contribution in [0.25, 0.3) is 11.5 Å². The smallest absolute Gasteiger partial charge is 0.247 e. The second-order valence-electron chi connectivity index (χ2n) is 7.69. The van der Waals surface area contributed by atoms with Gasteiger partial charge in [-0.2, -0.15) is 0 Å². The second kappa shape index (κ2) is 9.75. The summed E-state index contributed by atoms with van der Waals surface area (Å²) in [4.78, 5) is 14.8. The quantitative estimate of drug-likeness (QED) is 0.553. The van der Waals surface area contributed by atoms with Gasteiger partial charge < -0.3 is 18.8 Å². The first kappa shape index (κ1) is 21.1. The van der Waals surface area contributed by atoms with Gasteiger partial charge in [-0.05, 0) is 36.8 Å². The molecule has 2 heterocycles. The highest BCUT2D eigenvalue weighted by atomic mass is 16.5. The summed E-state index contributed by atoms with van der Waals surface area (Å²) in [5, 5.41) is 8.50. The average Bonchev–Trinajstić information content (AvgIpc) is 3.44. The first-order chi connectivity index (χ1) is 15.2. The molecule has 0 spiro atoms. The van der Waals surface area contributed by atoms with E-state index in [0.29, 0.717) is 44.5 Å². The van der Waals surface area contributed by atoms with Crippen LogP contribution >= 0.6 is 0 Å². The lowest BCUT2D eigenvalue weighted by Crippen LogP contribution is -2.30. The van der Waals surface area contributed by atoms with Gasteiger partial charge in [0.25, 0.3) is 0 Å². The highest BCUT2D eigenvalue weighted by Crippen LogP contribution is 2.34. The fraction of sp³-hybridized carbons (Fsp3) is 0.375. The molecule has 3 aromatic rings. The van der Waals surface area contributed by atoms with E-state index in [2.05, 4.69) is 10.2 Å². The number of benzene rings is 2. The van der Waals surface area contributed by atoms with Gasteiger partial charge in [-0.15, -0.1) is 10.2 Å². The third kappa shape index (κ3) is 4.94. The van der Waals surface area contributed by atoms with Crippen molar-refractivity contribution in [1.82, 2.24) is 15.1 Å². The van der Waals surface area contributed by atoms with Crippen molar-refractivity contribution >= 4 is 5.91 Å². The molecule has 0 bridgehead atoms. The lowest BCUT2D eigenvalue weighted by atomic mass is 9.97. The maximum atomic E-state index is 13.0. The zero-order valence-corrected chi connectivity index (χ0v) is 17.9. The highest BCUT2D eigenvalue weighted by Gasteiger charge is 2.39. The summed E-state index contributed by atoms with van der Waals surface area (Å²) in [7, 11) is 1.67. The molecule has 1 amide bonds. The van der Waals surface area contributed by atoms with Crippen molar-refractivity contribution in [3.63, 3.8) is 0 Å². The van der Waals surface area contributed by atoms with Crippen molar-refractivity contribution in [2.45, 2.75) is 19.3 Å². The van der Waals surface area contributed by atoms with Crippen LogP contribution in [0.3, 0.4) is 0 Å². The lowest BCUT2D eigenvalue weighted by molar-refractivity contribution is -0.129. The predicted molar refractivity (Wildman–Crippen MR) is 116 cm³/mol. The number of nitrogens with zero attached hydrogens (tertiary/aromatic N) is 3. The molecular weight excluding hydrogens is 394 g/mol. The van der Waals surface area contributed by atoms with Crippen LogP contribution in [0.5, 0.6) is 5.75 Å². The molecular formula is C24H27N3O4. The number of methoxy groups -OCH3 is 1. The van der Waals surface area contributed by atoms with E-state index in [4.69, 9.17) is 13.9 Å². The Hall–Kier alpha value is -3.19. The van der Waals surface area contributed by atoms with Gasteiger partial charge in [0.15, 0.2) is 0 Å². The lowest BCUT2D eigenvalue weighted by Gasteiger charge is -2.16. The number of ether oxygens (including phenoxy) is 2. The molecule has 2 atom stereocenters. The number of carbonyl (C=O) groups is 1. The Kier molecular flexibility index (Phi) is 6.62. The molecule has 0 N–H and O–H groups in total. The monoisotopic (exact) mass is 421 g/mol. The molecule has 0 unspecified atom stereocenters. The molecule has 4 rings (SSSR count). The van der Waals surface area contributed by atoms with E-state index in [0.717, 1.165) is 16.9 Å². The molecule has 0 aliphatic carbocycles. The Morgan fingerprint density at radius 2 is 1.87 bits per heavy atom. The number of carbonyl (C=O) groups excluding carboxylic acids is 1. The minimum absolute atomic E-state index is 0.0470. The number of rotatable bonds is 8. The van der Waals surface area contributed by atoms with E-state index in [-0.39, 0.29) is 17.7 Å². The normalized spacial score (nSPS) is 18.3. The summed E-state index contributed by atoms with van der Waals surface area (Å²) >= 11 is 0. The van der Waals surface area contributed by atoms with Crippen molar-refractivity contribution in [3.05, 3.63) is 66.1 Å². The maximum Gasteiger partial charge on any atom is 0.247 e. The summed E-state index contributed by atoms with van der Waals surface area (Å²) < 4.78 is 16.9. The zero-order valence-electron chi connectivity index (χ0n) is 17.9. The maximum absolute atomic E-state index is 13.0. The van der Waals surface area contributed by atoms with Crippen molar-refractivity contribution in [1.29, 1.82) is 0 Å². The number of hydrogen-bond acceptors (Lipinski definition) is 6. The van der Waals surface area contributed by atoms with Crippen LogP contribution in [0.2, 0.25) is 0 Å². The van der Waals surface area contributed by atoms with Crippen molar-refractivity contribution in [2.24, 2.45) is 5.92 Å². The van der Waals surface area contributed by atoms with Crippen molar-refractivity contribution < 1.29 is 18.7 Å². The standard InChI is InChI=1S/C24H27N3O4/c1-3-30-20-11-9-17(10-12-20)13-22(28)27-14-19(16-29-2)21(15-27)24-26-25-23(31-24)18-7-5-4-6-8-18/h4-12,19,21H,3,13-16H2,1-2H3/t19-,21+/m0/s1. The first-order valence-corrected chi connectivity index (χ1v) is 10.5. The molecule has 0 saturated carbocycles. The van der Waals surface area contributed by atoms with E-state index >= 15 is 0 Å². The predicted octanol–water partition coefficient (Wildman–Crippen LogP) is 3.57. The SMILES string of the molecule is CCOc1ccc(CC(=O)N2C[C@@H](COC)[C@H](c3nnc(-c4ccccc4)o3)C2)cc1. The number of amides is 1. The van der Waals surface area contributed by atoms with E-state index in [1.165, 1.54) is 0 Å². The van der Waals surface area contributed by atoms with Crippen LogP contribution in [0.1, 0.15) is 24.3 Å². The molecule has 1 saturated heterocycles. The van der Waals surface area contributed by atoms with Crippen LogP contribution in [-0.4, -0.2) is 54.4 Å². The number of aromatic nitrogens is 2. The van der Waals surface area contributed by atoms with E-state index < -0.39 is 0 Å². The molecule has 1 aliphatic heterocycles. The van der Waals surface area contributed by atoms with Gasteiger partial charge in [0.1, 0.15) is 5.75 Å². The zero-order chi connectivity index (χ0) is 21.6. The summed E-state index contributed by atoms with van der Waals surface area (Å²) in [5.41, 5.74) is 1.84. The molecule has 1 aliphatic rings. The van der Waals surface area contributed by atoms with Crippen molar-refractivity contribution in [3.8, 4) is 17.2 Å². The van der Waals surface area contributed by atoms with Gasteiger partial charge >= 0.3 is 0 Å². The van der Waals surface area contributed by atoms with Gasteiger partial charge in [0.2, 0.25) is 17.7 Å². The van der Waals surface area contributed by atoms with Crippen LogP contribution in [0, 0.1) is 5.92 Å². The topological polar surface area (TPSA) is 77.7 Å². The second-order valence-corrected chi connectivity index (χ2v) is 7.69. The highest BCUT2D eigenvalue weighted by molar-refractivity contribution is 5.79. The summed E-state index contributed by atoms with van der Waals surface area (Å²) in [6.45, 7) is 4.25. The summed E-state index contributed by atoms with van der Waals surface area (Å²) in [5.74, 6) is 2.00. The molecule has 0 radical (unpaired) electrons. The van der Waals surface area contributed by atoms with Crippen LogP contribution < -0.4 is 4.74 Å². The van der Waals surface area contributed by atoms with E-state index in [1.807, 2.05) is 66.4 Å². The minimum atomic E-state index is -0.0470. The molecule has 7 heteroatoms. The molecule has 1 aromatic heterocycles. The molecule has 31 heavy (non-hydrogen) atoms. The molecule has 2 aromatic carbocycles. The first-order valence-electron chi connectivity index (χ1n) is 10.5. The third-order valence-electron chi connectivity index (χ3n) is 5.54. The van der Waals surface area contributed by atoms with Crippen molar-refractivity contribution in [2.75, 3.05) is 33.4 Å². The number of hydrogen-bond donors (Lipinski definition) is 0. The Bertz CT molecular complexity index is 988. The van der Waals surface area contributed by atoms with Gasteiger partial charge in [-0.1, -0.05) is 30.3 Å². The van der Waals surface area contributed by atoms with Crippen LogP contribution in [-0.2, 0) is 16.0 Å². The Labute approximate surface area is 182 Å². The Morgan fingerprint density at radius 3 is 2.58 bits per heavy atom. The number of likely N-dealkylation sites (tertiary alicyclic amines) is 1. The fourth-order valence-corrected chi connectivity index (χ4v) is 3.98. The van der Waals surface area contributed by atoms with Gasteiger partial charge in [-0.3, -0.25) is 4.79 Å². The van der Waals surface area contributed by atoms with Crippen LogP contribution in [0.15, 0.2) is 59.0 Å². The van der Waals surface area contributed by atoms with Gasteiger partial charge in [-0.25, -0.2) is 0 Å². The van der Waals surface area contributed by atoms with E-state index in [1.54, 1.807) is 7.11 Å². The van der Waals surface area contributed by atoms with Crippen LogP contribution in [0.4, 0.5) is 0 Å². The van der Waals surface area contributed by atoms with E-state index in [9.17, 15) is 4.79 Å². The summed E-state index contributed by atoms with van der Waals surface area (Å²) in [6, 6.07) is 17.4. The largest absolute Gasteiger partial charge is 0.494 e. The fourth-order valence-electron chi connectivity index (χ4n) is 3.98. The van der Waals surface area contributed by atoms with Gasteiger partial charge in [0.05, 0.1) is 25.6 Å². The summed E-state index contributed by atoms with van der Waals surface area (Å²) in [6.07, 6.45) is 0.345.